The summed E-state index contributed by atoms with van der Waals surface area (Å²) in [6, 6.07) is 12.2. The Morgan fingerprint density at radius 3 is 2.54 bits per heavy atom. The molecule has 182 valence electrons. The van der Waals surface area contributed by atoms with Crippen molar-refractivity contribution < 1.29 is 9.59 Å². The van der Waals surface area contributed by atoms with Crippen molar-refractivity contribution in [2.24, 2.45) is 11.7 Å². The summed E-state index contributed by atoms with van der Waals surface area (Å²) in [7, 11) is 0. The number of aryl methyl sites for hydroxylation is 1. The van der Waals surface area contributed by atoms with E-state index in [4.69, 9.17) is 28.9 Å². The van der Waals surface area contributed by atoms with E-state index in [2.05, 4.69) is 4.98 Å². The zero-order valence-corrected chi connectivity index (χ0v) is 20.8. The summed E-state index contributed by atoms with van der Waals surface area (Å²) in [5.74, 6) is -0.586. The summed E-state index contributed by atoms with van der Waals surface area (Å²) in [6.07, 6.45) is 2.47. The molecule has 1 aliphatic heterocycles. The monoisotopic (exact) mass is 512 g/mol. The molecule has 3 aromatic rings. The first-order valence-electron chi connectivity index (χ1n) is 11.6. The van der Waals surface area contributed by atoms with Crippen molar-refractivity contribution in [2.75, 3.05) is 24.5 Å². The Bertz CT molecular complexity index is 1400. The van der Waals surface area contributed by atoms with Crippen LogP contribution < -0.4 is 16.2 Å². The minimum absolute atomic E-state index is 0.239. The van der Waals surface area contributed by atoms with Crippen molar-refractivity contribution in [3.8, 4) is 0 Å². The van der Waals surface area contributed by atoms with Crippen molar-refractivity contribution in [1.82, 2.24) is 9.88 Å². The van der Waals surface area contributed by atoms with Crippen LogP contribution in [0.3, 0.4) is 0 Å². The van der Waals surface area contributed by atoms with Crippen LogP contribution in [0.5, 0.6) is 0 Å². The van der Waals surface area contributed by atoms with Gasteiger partial charge in [0, 0.05) is 35.7 Å². The Balaban J connectivity index is 1.59. The highest BCUT2D eigenvalue weighted by Gasteiger charge is 2.52. The third kappa shape index (κ3) is 4.39. The van der Waals surface area contributed by atoms with Gasteiger partial charge in [0.05, 0.1) is 22.2 Å². The summed E-state index contributed by atoms with van der Waals surface area (Å²) in [5, 5.41) is 1.51. The third-order valence-corrected chi connectivity index (χ3v) is 7.83. The van der Waals surface area contributed by atoms with Crippen LogP contribution in [-0.4, -0.2) is 46.9 Å². The van der Waals surface area contributed by atoms with Gasteiger partial charge in [0.1, 0.15) is 5.54 Å². The number of H-pyrrole nitrogens is 1. The number of benzene rings is 2. The predicted octanol–water partition coefficient (Wildman–Crippen LogP) is 4.13. The van der Waals surface area contributed by atoms with Gasteiger partial charge in [0.25, 0.3) is 5.91 Å². The van der Waals surface area contributed by atoms with E-state index in [9.17, 15) is 14.4 Å². The summed E-state index contributed by atoms with van der Waals surface area (Å²) in [6.45, 7) is 2.91. The first-order valence-corrected chi connectivity index (χ1v) is 12.4. The highest BCUT2D eigenvalue weighted by Crippen LogP contribution is 2.42. The Hall–Kier alpha value is -3.03. The summed E-state index contributed by atoms with van der Waals surface area (Å²) in [4.78, 5) is 46.0. The number of carbonyl (C=O) groups is 2. The van der Waals surface area contributed by atoms with Gasteiger partial charge in [-0.15, -0.1) is 0 Å². The molecule has 2 amide bonds. The molecule has 3 N–H and O–H groups in total. The first-order chi connectivity index (χ1) is 16.7. The van der Waals surface area contributed by atoms with Gasteiger partial charge in [-0.05, 0) is 49.6 Å². The second kappa shape index (κ2) is 8.88. The lowest BCUT2D eigenvalue weighted by Crippen LogP contribution is -2.69. The van der Waals surface area contributed by atoms with Crippen LogP contribution in [0, 0.1) is 12.8 Å². The molecule has 1 saturated heterocycles. The van der Waals surface area contributed by atoms with E-state index in [1.54, 1.807) is 23.1 Å². The van der Waals surface area contributed by atoms with Crippen molar-refractivity contribution in [3.05, 3.63) is 74.0 Å². The van der Waals surface area contributed by atoms with Gasteiger partial charge in [0.15, 0.2) is 0 Å². The van der Waals surface area contributed by atoms with E-state index in [1.165, 1.54) is 6.07 Å². The number of carbonyl (C=O) groups excluding carboxylic acids is 2. The van der Waals surface area contributed by atoms with E-state index in [0.717, 1.165) is 24.1 Å². The van der Waals surface area contributed by atoms with Gasteiger partial charge < -0.3 is 20.5 Å². The Kier molecular flexibility index (Phi) is 6.01. The lowest BCUT2D eigenvalue weighted by atomic mass is 9.85. The number of nitrogens with one attached hydrogen (secondary N) is 1. The maximum Gasteiger partial charge on any atom is 0.255 e. The summed E-state index contributed by atoms with van der Waals surface area (Å²) in [5.41, 5.74) is 7.10. The maximum atomic E-state index is 14.0. The number of amides is 2. The number of halogens is 2. The number of primary amides is 1. The minimum Gasteiger partial charge on any atom is -0.368 e. The van der Waals surface area contributed by atoms with E-state index < -0.39 is 11.4 Å². The smallest absolute Gasteiger partial charge is 0.255 e. The standard InChI is InChI=1S/C26H26Cl2N4O3/c1-15-2-7-22-18(10-15)19(12-23(33)30-22)24(34)32-9-8-31(17-5-6-20(27)21(28)11-17)14-26(32,25(29)35)13-16-3-4-16/h2,5-7,10-12,16H,3-4,8-9,13-14H2,1H3,(H2,29,35)(H,30,33). The van der Waals surface area contributed by atoms with Crippen LogP contribution in [0.4, 0.5) is 5.69 Å². The number of piperazine rings is 1. The van der Waals surface area contributed by atoms with Crippen LogP contribution in [-0.2, 0) is 4.79 Å². The molecule has 7 nitrogen and oxygen atoms in total. The lowest BCUT2D eigenvalue weighted by Gasteiger charge is -2.50. The van der Waals surface area contributed by atoms with Gasteiger partial charge in [-0.1, -0.05) is 47.7 Å². The van der Waals surface area contributed by atoms with Gasteiger partial charge in [-0.25, -0.2) is 0 Å². The number of nitrogens with two attached hydrogens (primary N) is 1. The Labute approximate surface area is 212 Å². The normalized spacial score (nSPS) is 20.3. The molecular weight excluding hydrogens is 487 g/mol. The summed E-state index contributed by atoms with van der Waals surface area (Å²) < 4.78 is 0. The fourth-order valence-electron chi connectivity index (χ4n) is 5.09. The second-order valence-corrected chi connectivity index (χ2v) is 10.4. The largest absolute Gasteiger partial charge is 0.368 e. The molecule has 1 aliphatic carbocycles. The average Bonchev–Trinajstić information content (AvgIpc) is 3.64. The number of rotatable bonds is 5. The quantitative estimate of drug-likeness (QED) is 0.536. The molecule has 1 saturated carbocycles. The molecular formula is C26H26Cl2N4O3. The molecule has 2 aromatic carbocycles. The third-order valence-electron chi connectivity index (χ3n) is 7.09. The fourth-order valence-corrected chi connectivity index (χ4v) is 5.38. The van der Waals surface area contributed by atoms with Crippen molar-refractivity contribution in [2.45, 2.75) is 31.7 Å². The topological polar surface area (TPSA) is 99.5 Å². The van der Waals surface area contributed by atoms with Crippen LogP contribution in [0.15, 0.2) is 47.3 Å². The minimum atomic E-state index is -1.22. The molecule has 0 bridgehead atoms. The highest BCUT2D eigenvalue weighted by molar-refractivity contribution is 6.42. The lowest BCUT2D eigenvalue weighted by molar-refractivity contribution is -0.130. The SMILES string of the molecule is Cc1ccc2[nH]c(=O)cc(C(=O)N3CCN(c4ccc(Cl)c(Cl)c4)CC3(CC3CC3)C(N)=O)c2c1. The molecule has 2 fully saturated rings. The number of hydrogen-bond donors (Lipinski definition) is 2. The van der Waals surface area contributed by atoms with Crippen molar-refractivity contribution in [1.29, 1.82) is 0 Å². The second-order valence-electron chi connectivity index (χ2n) is 9.62. The molecule has 1 aromatic heterocycles. The van der Waals surface area contributed by atoms with E-state index in [0.29, 0.717) is 39.8 Å². The van der Waals surface area contributed by atoms with E-state index >= 15 is 0 Å². The molecule has 5 rings (SSSR count). The average molecular weight is 513 g/mol. The Morgan fingerprint density at radius 1 is 1.09 bits per heavy atom. The zero-order chi connectivity index (χ0) is 24.9. The number of nitrogens with zero attached hydrogens (tertiary/aromatic N) is 2. The van der Waals surface area contributed by atoms with Crippen LogP contribution >= 0.6 is 23.2 Å². The van der Waals surface area contributed by atoms with E-state index in [-0.39, 0.29) is 30.1 Å². The Morgan fingerprint density at radius 2 is 1.86 bits per heavy atom. The molecule has 0 radical (unpaired) electrons. The molecule has 35 heavy (non-hydrogen) atoms. The van der Waals surface area contributed by atoms with Crippen LogP contribution in [0.25, 0.3) is 10.9 Å². The van der Waals surface area contributed by atoms with Crippen LogP contribution in [0.2, 0.25) is 10.0 Å². The van der Waals surface area contributed by atoms with Crippen molar-refractivity contribution in [3.63, 3.8) is 0 Å². The van der Waals surface area contributed by atoms with Crippen molar-refractivity contribution >= 4 is 51.6 Å². The molecule has 0 spiro atoms. The number of anilines is 1. The summed E-state index contributed by atoms with van der Waals surface area (Å²) >= 11 is 12.4. The maximum absolute atomic E-state index is 14.0. The molecule has 1 atom stereocenters. The van der Waals surface area contributed by atoms with Gasteiger partial charge in [0.2, 0.25) is 11.5 Å². The zero-order valence-electron chi connectivity index (χ0n) is 19.3. The molecule has 2 aliphatic rings. The predicted molar refractivity (Wildman–Crippen MR) is 138 cm³/mol. The van der Waals surface area contributed by atoms with Gasteiger partial charge >= 0.3 is 0 Å². The van der Waals surface area contributed by atoms with Gasteiger partial charge in [-0.2, -0.15) is 0 Å². The number of pyridine rings is 1. The highest BCUT2D eigenvalue weighted by atomic mass is 35.5. The first kappa shape index (κ1) is 23.7. The number of aromatic amines is 1. The fraction of sp³-hybridized carbons (Fsp3) is 0.346. The van der Waals surface area contributed by atoms with Crippen LogP contribution in [0.1, 0.15) is 35.2 Å². The number of hydrogen-bond acceptors (Lipinski definition) is 4. The van der Waals surface area contributed by atoms with Gasteiger partial charge in [-0.3, -0.25) is 14.4 Å². The number of aromatic nitrogens is 1. The molecule has 9 heteroatoms. The molecule has 1 unspecified atom stereocenters. The number of fused-ring (bicyclic) bond motifs is 1. The van der Waals surface area contributed by atoms with E-state index in [1.807, 2.05) is 30.0 Å². The molecule has 2 heterocycles.